The van der Waals surface area contributed by atoms with Crippen molar-refractivity contribution in [3.8, 4) is 5.75 Å². The summed E-state index contributed by atoms with van der Waals surface area (Å²) in [6.07, 6.45) is -5.18. The van der Waals surface area contributed by atoms with Crippen LogP contribution in [0.5, 0.6) is 5.75 Å². The van der Waals surface area contributed by atoms with Gasteiger partial charge in [0.15, 0.2) is 6.04 Å². The largest absolute Gasteiger partial charge is 0.507 e. The third-order valence-corrected chi connectivity index (χ3v) is 2.72. The lowest BCUT2D eigenvalue weighted by atomic mass is 10.1. The van der Waals surface area contributed by atoms with Crippen molar-refractivity contribution in [3.05, 3.63) is 28.2 Å². The van der Waals surface area contributed by atoms with Crippen LogP contribution < -0.4 is 5.32 Å². The third kappa shape index (κ3) is 3.85. The number of benzene rings is 1. The molecule has 104 valence electrons. The molecule has 1 aromatic rings. The molecule has 0 aromatic heterocycles. The zero-order chi connectivity index (χ0) is 14.8. The second-order valence-corrected chi connectivity index (χ2v) is 4.31. The van der Waals surface area contributed by atoms with Gasteiger partial charge in [-0.3, -0.25) is 4.79 Å². The molecule has 0 heterocycles. The number of hydrogen-bond donors (Lipinski definition) is 3. The van der Waals surface area contributed by atoms with Crippen molar-refractivity contribution < 1.29 is 33.0 Å². The number of carboxylic acid groups (broad SMARTS) is 1. The van der Waals surface area contributed by atoms with Crippen LogP contribution in [0.2, 0.25) is 0 Å². The smallest absolute Gasteiger partial charge is 0.471 e. The molecular formula is C10H7BrF3NO4. The number of aromatic hydroxyl groups is 1. The van der Waals surface area contributed by atoms with Gasteiger partial charge in [0.05, 0.1) is 4.47 Å². The number of alkyl halides is 3. The minimum absolute atomic E-state index is 0.0949. The monoisotopic (exact) mass is 341 g/mol. The molecular weight excluding hydrogens is 335 g/mol. The molecule has 1 unspecified atom stereocenters. The Morgan fingerprint density at radius 2 is 1.89 bits per heavy atom. The minimum atomic E-state index is -5.18. The number of phenols is 1. The average molecular weight is 342 g/mol. The van der Waals surface area contributed by atoms with E-state index in [0.29, 0.717) is 0 Å². The molecule has 3 N–H and O–H groups in total. The summed E-state index contributed by atoms with van der Waals surface area (Å²) < 4.78 is 36.3. The van der Waals surface area contributed by atoms with Crippen LogP contribution in [0, 0.1) is 0 Å². The summed E-state index contributed by atoms with van der Waals surface area (Å²) >= 11 is 2.89. The molecule has 5 nitrogen and oxygen atoms in total. The number of halogens is 4. The lowest BCUT2D eigenvalue weighted by Crippen LogP contribution is -2.41. The summed E-state index contributed by atoms with van der Waals surface area (Å²) in [7, 11) is 0. The average Bonchev–Trinajstić information content (AvgIpc) is 2.27. The number of aliphatic carboxylic acids is 1. The number of nitrogens with one attached hydrogen (secondary N) is 1. The molecule has 0 aliphatic heterocycles. The van der Waals surface area contributed by atoms with Crippen molar-refractivity contribution in [1.29, 1.82) is 0 Å². The Balaban J connectivity index is 3.05. The first-order valence-corrected chi connectivity index (χ1v) is 5.51. The summed E-state index contributed by atoms with van der Waals surface area (Å²) in [5.41, 5.74) is -0.116. The normalized spacial score (nSPS) is 12.8. The summed E-state index contributed by atoms with van der Waals surface area (Å²) in [4.78, 5) is 21.6. The van der Waals surface area contributed by atoms with Crippen LogP contribution in [0.4, 0.5) is 13.2 Å². The molecule has 19 heavy (non-hydrogen) atoms. The quantitative estimate of drug-likeness (QED) is 0.784. The standard InChI is InChI=1S/C10H7BrF3NO4/c11-5-3-4(1-2-6(5)16)7(8(17)18)15-9(19)10(12,13)14/h1-3,7,16H,(H,15,19)(H,17,18). The van der Waals surface area contributed by atoms with Crippen molar-refractivity contribution in [2.45, 2.75) is 12.2 Å². The Morgan fingerprint density at radius 3 is 2.32 bits per heavy atom. The highest BCUT2D eigenvalue weighted by Crippen LogP contribution is 2.28. The number of hydrogen-bond acceptors (Lipinski definition) is 3. The van der Waals surface area contributed by atoms with E-state index in [0.717, 1.165) is 18.2 Å². The van der Waals surface area contributed by atoms with E-state index < -0.39 is 24.1 Å². The van der Waals surface area contributed by atoms with E-state index in [1.807, 2.05) is 0 Å². The van der Waals surface area contributed by atoms with Gasteiger partial charge < -0.3 is 15.5 Å². The molecule has 0 aliphatic rings. The molecule has 0 saturated carbocycles. The van der Waals surface area contributed by atoms with Crippen LogP contribution >= 0.6 is 15.9 Å². The first kappa shape index (κ1) is 15.3. The second-order valence-electron chi connectivity index (χ2n) is 3.45. The summed E-state index contributed by atoms with van der Waals surface area (Å²) in [6, 6.07) is 1.42. The number of amides is 1. The maximum atomic E-state index is 12.1. The molecule has 1 amide bonds. The molecule has 0 fully saturated rings. The van der Waals surface area contributed by atoms with Gasteiger partial charge in [0, 0.05) is 0 Å². The van der Waals surface area contributed by atoms with Gasteiger partial charge in [-0.1, -0.05) is 6.07 Å². The van der Waals surface area contributed by atoms with Gasteiger partial charge in [-0.2, -0.15) is 13.2 Å². The molecule has 0 radical (unpaired) electrons. The lowest BCUT2D eigenvalue weighted by molar-refractivity contribution is -0.175. The maximum Gasteiger partial charge on any atom is 0.471 e. The van der Waals surface area contributed by atoms with Gasteiger partial charge in [-0.05, 0) is 33.6 Å². The van der Waals surface area contributed by atoms with E-state index in [-0.39, 0.29) is 15.8 Å². The molecule has 0 bridgehead atoms. The van der Waals surface area contributed by atoms with Crippen LogP contribution in [0.25, 0.3) is 0 Å². The molecule has 1 rings (SSSR count). The van der Waals surface area contributed by atoms with E-state index >= 15 is 0 Å². The van der Waals surface area contributed by atoms with Gasteiger partial charge >= 0.3 is 18.1 Å². The van der Waals surface area contributed by atoms with E-state index in [4.69, 9.17) is 5.11 Å². The van der Waals surface area contributed by atoms with Gasteiger partial charge in [0.25, 0.3) is 0 Å². The fourth-order valence-corrected chi connectivity index (χ4v) is 1.60. The second kappa shape index (κ2) is 5.47. The Morgan fingerprint density at radius 1 is 1.32 bits per heavy atom. The van der Waals surface area contributed by atoms with Crippen LogP contribution in [-0.4, -0.2) is 28.3 Å². The highest BCUT2D eigenvalue weighted by atomic mass is 79.9. The Kier molecular flexibility index (Phi) is 4.40. The number of carboxylic acids is 1. The van der Waals surface area contributed by atoms with Crippen molar-refractivity contribution in [3.63, 3.8) is 0 Å². The SMILES string of the molecule is O=C(O)C(NC(=O)C(F)(F)F)c1ccc(O)c(Br)c1. The Hall–Kier alpha value is -1.77. The molecule has 0 spiro atoms. The number of carbonyl (C=O) groups excluding carboxylic acids is 1. The first-order chi connectivity index (χ1) is 8.62. The van der Waals surface area contributed by atoms with E-state index in [1.54, 1.807) is 0 Å². The summed E-state index contributed by atoms with van der Waals surface area (Å²) in [5, 5.41) is 19.4. The van der Waals surface area contributed by atoms with Crippen LogP contribution in [0.1, 0.15) is 11.6 Å². The Labute approximate surface area is 113 Å². The van der Waals surface area contributed by atoms with Crippen molar-refractivity contribution in [2.75, 3.05) is 0 Å². The van der Waals surface area contributed by atoms with E-state index in [1.165, 1.54) is 5.32 Å². The molecule has 0 saturated heterocycles. The van der Waals surface area contributed by atoms with Crippen LogP contribution in [-0.2, 0) is 9.59 Å². The molecule has 0 aliphatic carbocycles. The summed E-state index contributed by atoms with van der Waals surface area (Å²) in [6.45, 7) is 0. The predicted octanol–water partition coefficient (Wildman–Crippen LogP) is 1.96. The van der Waals surface area contributed by atoms with Crippen LogP contribution in [0.15, 0.2) is 22.7 Å². The predicted molar refractivity (Wildman–Crippen MR) is 60.4 cm³/mol. The van der Waals surface area contributed by atoms with E-state index in [9.17, 15) is 27.9 Å². The third-order valence-electron chi connectivity index (χ3n) is 2.08. The molecule has 1 aromatic carbocycles. The van der Waals surface area contributed by atoms with Crippen molar-refractivity contribution >= 4 is 27.8 Å². The number of phenolic OH excluding ortho intramolecular Hbond substituents is 1. The van der Waals surface area contributed by atoms with Gasteiger partial charge in [0.1, 0.15) is 5.75 Å². The van der Waals surface area contributed by atoms with Crippen molar-refractivity contribution in [2.24, 2.45) is 0 Å². The Bertz CT molecular complexity index is 518. The fraction of sp³-hybridized carbons (Fsp3) is 0.200. The lowest BCUT2D eigenvalue weighted by Gasteiger charge is -2.16. The van der Waals surface area contributed by atoms with Crippen molar-refractivity contribution in [1.82, 2.24) is 5.32 Å². The van der Waals surface area contributed by atoms with Crippen LogP contribution in [0.3, 0.4) is 0 Å². The summed E-state index contributed by atoms with van der Waals surface area (Å²) in [5.74, 6) is -4.23. The van der Waals surface area contributed by atoms with Gasteiger partial charge in [-0.15, -0.1) is 0 Å². The van der Waals surface area contributed by atoms with Gasteiger partial charge in [-0.25, -0.2) is 4.79 Å². The number of rotatable bonds is 3. The highest BCUT2D eigenvalue weighted by molar-refractivity contribution is 9.10. The highest BCUT2D eigenvalue weighted by Gasteiger charge is 2.41. The van der Waals surface area contributed by atoms with E-state index in [2.05, 4.69) is 15.9 Å². The number of carbonyl (C=O) groups is 2. The first-order valence-electron chi connectivity index (χ1n) is 4.72. The molecule has 1 atom stereocenters. The fourth-order valence-electron chi connectivity index (χ4n) is 1.20. The zero-order valence-corrected chi connectivity index (χ0v) is 10.6. The minimum Gasteiger partial charge on any atom is -0.507 e. The maximum absolute atomic E-state index is 12.1. The van der Waals surface area contributed by atoms with Gasteiger partial charge in [0.2, 0.25) is 0 Å². The zero-order valence-electron chi connectivity index (χ0n) is 9.03. The topological polar surface area (TPSA) is 86.6 Å². The molecule has 9 heteroatoms.